The Kier molecular flexibility index (Phi) is 6.31. The molecule has 1 aliphatic rings. The minimum Gasteiger partial charge on any atom is -0.508 e. The molecule has 0 atom stereocenters. The number of halogens is 1. The second-order valence-electron chi connectivity index (χ2n) is 8.52. The van der Waals surface area contributed by atoms with Crippen LogP contribution in [0.5, 0.6) is 5.75 Å². The molecule has 3 aromatic carbocycles. The minimum atomic E-state index is -0.573. The standard InChI is InChI=1S/C27H18ClN5O5S/c28-16-7-9-17(10-8-16)29-27-32(13-14-38-33-24(35)19-3-1-2-4-20(19)25(33)36)23-22(39-27)21(30-26(37)31-23)15-5-11-18(34)12-6-15/h1-12,34H,13-14H2,(H,30,31,37). The van der Waals surface area contributed by atoms with E-state index in [1.54, 1.807) is 65.2 Å². The third-order valence-electron chi connectivity index (χ3n) is 6.05. The van der Waals surface area contributed by atoms with Gasteiger partial charge in [-0.15, -0.1) is 5.06 Å². The van der Waals surface area contributed by atoms with Crippen LogP contribution >= 0.6 is 22.9 Å². The summed E-state index contributed by atoms with van der Waals surface area (Å²) in [5, 5.41) is 11.0. The van der Waals surface area contributed by atoms with E-state index in [9.17, 15) is 19.5 Å². The molecule has 0 saturated carbocycles. The van der Waals surface area contributed by atoms with Crippen molar-refractivity contribution in [2.24, 2.45) is 4.99 Å². The first-order valence-corrected chi connectivity index (χ1v) is 12.9. The Morgan fingerprint density at radius 1 is 0.949 bits per heavy atom. The summed E-state index contributed by atoms with van der Waals surface area (Å²) in [5.74, 6) is -0.978. The molecule has 0 radical (unpaired) electrons. The van der Waals surface area contributed by atoms with Crippen LogP contribution in [0.3, 0.4) is 0 Å². The van der Waals surface area contributed by atoms with Gasteiger partial charge in [0.15, 0.2) is 10.4 Å². The first-order valence-electron chi connectivity index (χ1n) is 11.7. The lowest BCUT2D eigenvalue weighted by molar-refractivity contribution is -0.0934. The number of aromatic amines is 1. The van der Waals surface area contributed by atoms with E-state index < -0.39 is 17.5 Å². The summed E-state index contributed by atoms with van der Waals surface area (Å²) >= 11 is 7.32. The zero-order chi connectivity index (χ0) is 27.1. The highest BCUT2D eigenvalue weighted by atomic mass is 35.5. The third kappa shape index (κ3) is 4.63. The summed E-state index contributed by atoms with van der Waals surface area (Å²) < 4.78 is 2.35. The van der Waals surface area contributed by atoms with Gasteiger partial charge in [-0.1, -0.05) is 35.1 Å². The van der Waals surface area contributed by atoms with Gasteiger partial charge in [-0.3, -0.25) is 19.0 Å². The molecule has 12 heteroatoms. The number of nitrogens with one attached hydrogen (secondary N) is 1. The third-order valence-corrected chi connectivity index (χ3v) is 7.39. The van der Waals surface area contributed by atoms with E-state index in [4.69, 9.17) is 21.4 Å². The van der Waals surface area contributed by atoms with Crippen LogP contribution in [-0.2, 0) is 11.4 Å². The number of nitrogens with zero attached hydrogens (tertiary/aromatic N) is 4. The molecule has 2 aromatic heterocycles. The van der Waals surface area contributed by atoms with Gasteiger partial charge in [-0.25, -0.2) is 9.79 Å². The van der Waals surface area contributed by atoms with Gasteiger partial charge in [-0.05, 0) is 66.2 Å². The molecule has 2 N–H and O–H groups in total. The number of hydrogen-bond acceptors (Lipinski definition) is 8. The van der Waals surface area contributed by atoms with Crippen LogP contribution < -0.4 is 10.5 Å². The SMILES string of the molecule is O=C1c2ccccc2C(=O)N1OCCn1c(=Nc2ccc(Cl)cc2)sc2c(-c3ccc(O)cc3)[nH]c(=O)nc21. The minimum absolute atomic E-state index is 0.0753. The Morgan fingerprint density at radius 2 is 1.62 bits per heavy atom. The number of benzene rings is 3. The largest absolute Gasteiger partial charge is 0.508 e. The average molecular weight is 560 g/mol. The van der Waals surface area contributed by atoms with Crippen LogP contribution in [0.4, 0.5) is 5.69 Å². The van der Waals surface area contributed by atoms with Crippen LogP contribution in [0.25, 0.3) is 21.6 Å². The van der Waals surface area contributed by atoms with Crippen molar-refractivity contribution in [1.82, 2.24) is 19.6 Å². The van der Waals surface area contributed by atoms with Gasteiger partial charge in [0.2, 0.25) is 0 Å². The van der Waals surface area contributed by atoms with E-state index in [1.807, 2.05) is 0 Å². The molecule has 0 fully saturated rings. The number of hydroxylamine groups is 2. The quantitative estimate of drug-likeness (QED) is 0.299. The van der Waals surface area contributed by atoms with Crippen molar-refractivity contribution >= 4 is 50.8 Å². The van der Waals surface area contributed by atoms with Crippen molar-refractivity contribution in [3.63, 3.8) is 0 Å². The van der Waals surface area contributed by atoms with Gasteiger partial charge in [0, 0.05) is 5.02 Å². The number of thiazole rings is 1. The molecule has 6 rings (SSSR count). The highest BCUT2D eigenvalue weighted by Gasteiger charge is 2.36. The smallest absolute Gasteiger partial charge is 0.347 e. The Labute approximate surface area is 229 Å². The van der Waals surface area contributed by atoms with E-state index in [-0.39, 0.29) is 30.0 Å². The second-order valence-corrected chi connectivity index (χ2v) is 9.94. The average Bonchev–Trinajstić information content (AvgIpc) is 3.39. The van der Waals surface area contributed by atoms with Crippen molar-refractivity contribution in [1.29, 1.82) is 0 Å². The van der Waals surface area contributed by atoms with Gasteiger partial charge < -0.3 is 10.1 Å². The number of imide groups is 1. The summed E-state index contributed by atoms with van der Waals surface area (Å²) in [5.41, 5.74) is 2.15. The van der Waals surface area contributed by atoms with Crippen molar-refractivity contribution in [2.75, 3.05) is 6.61 Å². The first-order chi connectivity index (χ1) is 18.9. The van der Waals surface area contributed by atoms with E-state index in [0.29, 0.717) is 37.1 Å². The Morgan fingerprint density at radius 3 is 2.28 bits per heavy atom. The van der Waals surface area contributed by atoms with E-state index in [2.05, 4.69) is 9.97 Å². The highest BCUT2D eigenvalue weighted by molar-refractivity contribution is 7.16. The Balaban J connectivity index is 1.40. The van der Waals surface area contributed by atoms with Crippen LogP contribution in [0.2, 0.25) is 5.02 Å². The molecular weight excluding hydrogens is 542 g/mol. The van der Waals surface area contributed by atoms with E-state index in [1.165, 1.54) is 23.5 Å². The highest BCUT2D eigenvalue weighted by Crippen LogP contribution is 2.29. The van der Waals surface area contributed by atoms with Crippen molar-refractivity contribution in [3.8, 4) is 17.0 Å². The van der Waals surface area contributed by atoms with Crippen LogP contribution in [0.15, 0.2) is 82.6 Å². The van der Waals surface area contributed by atoms with Crippen molar-refractivity contribution < 1.29 is 19.5 Å². The zero-order valence-corrected chi connectivity index (χ0v) is 21.6. The summed E-state index contributed by atoms with van der Waals surface area (Å²) in [4.78, 5) is 55.8. The van der Waals surface area contributed by atoms with E-state index in [0.717, 1.165) is 5.06 Å². The number of phenols is 1. The molecule has 3 heterocycles. The summed E-state index contributed by atoms with van der Waals surface area (Å²) in [6, 6.07) is 19.9. The maximum absolute atomic E-state index is 12.7. The summed E-state index contributed by atoms with van der Waals surface area (Å²) in [7, 11) is 0. The molecule has 0 aliphatic carbocycles. The number of H-pyrrole nitrogens is 1. The predicted octanol–water partition coefficient (Wildman–Crippen LogP) is 4.27. The molecule has 39 heavy (non-hydrogen) atoms. The molecule has 0 saturated heterocycles. The van der Waals surface area contributed by atoms with Crippen molar-refractivity contribution in [2.45, 2.75) is 6.54 Å². The van der Waals surface area contributed by atoms with Gasteiger partial charge in [0.1, 0.15) is 5.75 Å². The fraction of sp³-hybridized carbons (Fsp3) is 0.0741. The van der Waals surface area contributed by atoms with Gasteiger partial charge in [0.25, 0.3) is 11.8 Å². The number of aromatic nitrogens is 3. The zero-order valence-electron chi connectivity index (χ0n) is 20.0. The van der Waals surface area contributed by atoms with Gasteiger partial charge in [0.05, 0.1) is 40.4 Å². The molecule has 0 bridgehead atoms. The van der Waals surface area contributed by atoms with Crippen LogP contribution in [-0.4, -0.2) is 43.1 Å². The summed E-state index contributed by atoms with van der Waals surface area (Å²) in [6.45, 7) is 0.0550. The number of carbonyl (C=O) groups excluding carboxylic acids is 2. The first kappa shape index (κ1) is 24.7. The number of rotatable bonds is 6. The number of amides is 2. The lowest BCUT2D eigenvalue weighted by atomic mass is 10.1. The molecular formula is C27H18ClN5O5S. The maximum atomic E-state index is 12.7. The Hall–Kier alpha value is -4.58. The van der Waals surface area contributed by atoms with E-state index >= 15 is 0 Å². The molecule has 10 nitrogen and oxygen atoms in total. The number of fused-ring (bicyclic) bond motifs is 2. The lowest BCUT2D eigenvalue weighted by Crippen LogP contribution is -2.32. The number of carbonyl (C=O) groups is 2. The van der Waals surface area contributed by atoms with Crippen LogP contribution in [0, 0.1) is 0 Å². The second kappa shape index (κ2) is 9.95. The Bertz CT molecular complexity index is 1840. The fourth-order valence-corrected chi connectivity index (χ4v) is 5.48. The summed E-state index contributed by atoms with van der Waals surface area (Å²) in [6.07, 6.45) is 0. The number of phenolic OH excluding ortho intramolecular Hbond substituents is 1. The predicted molar refractivity (Wildman–Crippen MR) is 145 cm³/mol. The normalized spacial score (nSPS) is 13.5. The molecule has 1 aliphatic heterocycles. The number of aromatic hydroxyl groups is 1. The maximum Gasteiger partial charge on any atom is 0.347 e. The fourth-order valence-electron chi connectivity index (χ4n) is 4.22. The molecule has 5 aromatic rings. The van der Waals surface area contributed by atoms with Crippen molar-refractivity contribution in [3.05, 3.63) is 104 Å². The van der Waals surface area contributed by atoms with Gasteiger partial charge >= 0.3 is 5.69 Å². The monoisotopic (exact) mass is 559 g/mol. The van der Waals surface area contributed by atoms with Crippen LogP contribution in [0.1, 0.15) is 20.7 Å². The topological polar surface area (TPSA) is 130 Å². The number of hydrogen-bond donors (Lipinski definition) is 2. The van der Waals surface area contributed by atoms with Gasteiger partial charge in [-0.2, -0.15) is 4.98 Å². The molecule has 2 amide bonds. The molecule has 194 valence electrons. The molecule has 0 unspecified atom stereocenters. The molecule has 0 spiro atoms. The lowest BCUT2D eigenvalue weighted by Gasteiger charge is -2.14.